The number of rotatable bonds is 6. The van der Waals surface area contributed by atoms with Crippen molar-refractivity contribution >= 4 is 21.7 Å². The molecule has 0 saturated heterocycles. The summed E-state index contributed by atoms with van der Waals surface area (Å²) in [6.07, 6.45) is 2.81. The monoisotopic (exact) mass is 359 g/mol. The van der Waals surface area contributed by atoms with Crippen LogP contribution in [-0.2, 0) is 11.2 Å². The zero-order chi connectivity index (χ0) is 16.1. The van der Waals surface area contributed by atoms with Crippen LogP contribution in [0.15, 0.2) is 47.1 Å². The molecule has 0 aliphatic heterocycles. The molecule has 1 aromatic heterocycles. The number of ketones is 1. The van der Waals surface area contributed by atoms with Gasteiger partial charge in [0.1, 0.15) is 5.78 Å². The highest BCUT2D eigenvalue weighted by Gasteiger charge is 2.13. The molecule has 2 nitrogen and oxygen atoms in total. The Labute approximate surface area is 141 Å². The number of carbonyl (C=O) groups excluding carboxylic acids is 1. The number of hydrogen-bond donors (Lipinski definition) is 0. The van der Waals surface area contributed by atoms with E-state index in [0.29, 0.717) is 18.8 Å². The lowest BCUT2D eigenvalue weighted by Crippen LogP contribution is -2.08. The molecule has 1 atom stereocenters. The van der Waals surface area contributed by atoms with E-state index in [1.807, 2.05) is 12.1 Å². The molecule has 116 valence electrons. The van der Waals surface area contributed by atoms with Gasteiger partial charge in [0.25, 0.3) is 0 Å². The lowest BCUT2D eigenvalue weighted by atomic mass is 9.95. The number of nitrogens with zero attached hydrogens (tertiary/aromatic N) is 1. The van der Waals surface area contributed by atoms with Gasteiger partial charge < -0.3 is 0 Å². The summed E-state index contributed by atoms with van der Waals surface area (Å²) in [6, 6.07) is 12.3. The van der Waals surface area contributed by atoms with Gasteiger partial charge in [-0.3, -0.25) is 9.78 Å². The first-order chi connectivity index (χ1) is 10.5. The number of hydrogen-bond acceptors (Lipinski definition) is 2. The molecule has 0 amide bonds. The highest BCUT2D eigenvalue weighted by atomic mass is 79.9. The smallest absolute Gasteiger partial charge is 0.137 e. The second kappa shape index (κ2) is 7.68. The van der Waals surface area contributed by atoms with Crippen LogP contribution in [0.25, 0.3) is 0 Å². The van der Waals surface area contributed by atoms with E-state index in [2.05, 4.69) is 66.0 Å². The number of pyridine rings is 1. The Hall–Kier alpha value is -1.48. The number of benzene rings is 1. The Morgan fingerprint density at radius 3 is 2.32 bits per heavy atom. The molecule has 0 radical (unpaired) electrons. The first-order valence-corrected chi connectivity index (χ1v) is 8.47. The molecule has 0 bridgehead atoms. The summed E-state index contributed by atoms with van der Waals surface area (Å²) in [6.45, 7) is 6.40. The zero-order valence-corrected chi connectivity index (χ0v) is 14.9. The van der Waals surface area contributed by atoms with Gasteiger partial charge in [0.05, 0.1) is 0 Å². The molecule has 0 spiro atoms. The average molecular weight is 360 g/mol. The van der Waals surface area contributed by atoms with Crippen LogP contribution in [0.5, 0.6) is 0 Å². The minimum Gasteiger partial charge on any atom is -0.299 e. The molecule has 3 heteroatoms. The predicted octanol–water partition coefficient (Wildman–Crippen LogP) is 5.27. The summed E-state index contributed by atoms with van der Waals surface area (Å²) in [5.74, 6) is 0.929. The van der Waals surface area contributed by atoms with Gasteiger partial charge in [-0.25, -0.2) is 0 Å². The third-order valence-corrected chi connectivity index (χ3v) is 4.31. The number of Topliss-reactive ketones (excluding diaryl/α,β-unsaturated/α-hetero) is 1. The van der Waals surface area contributed by atoms with Crippen molar-refractivity contribution in [2.75, 3.05) is 0 Å². The van der Waals surface area contributed by atoms with Crippen LogP contribution in [0.2, 0.25) is 0 Å². The van der Waals surface area contributed by atoms with Gasteiger partial charge in [0.2, 0.25) is 0 Å². The van der Waals surface area contributed by atoms with Crippen molar-refractivity contribution in [3.05, 3.63) is 63.9 Å². The fourth-order valence-electron chi connectivity index (χ4n) is 2.45. The molecule has 0 fully saturated rings. The van der Waals surface area contributed by atoms with E-state index in [1.54, 1.807) is 6.20 Å². The van der Waals surface area contributed by atoms with Crippen molar-refractivity contribution in [3.63, 3.8) is 0 Å². The van der Waals surface area contributed by atoms with Crippen molar-refractivity contribution in [1.82, 2.24) is 4.98 Å². The maximum Gasteiger partial charge on any atom is 0.137 e. The third-order valence-electron chi connectivity index (χ3n) is 3.84. The Bertz CT molecular complexity index is 617. The van der Waals surface area contributed by atoms with Gasteiger partial charge in [-0.05, 0) is 45.1 Å². The van der Waals surface area contributed by atoms with Crippen molar-refractivity contribution in [2.45, 2.75) is 45.4 Å². The molecule has 0 unspecified atom stereocenters. The fraction of sp³-hybridized carbons (Fsp3) is 0.368. The Morgan fingerprint density at radius 1 is 1.09 bits per heavy atom. The third kappa shape index (κ3) is 4.77. The van der Waals surface area contributed by atoms with E-state index in [1.165, 1.54) is 5.56 Å². The largest absolute Gasteiger partial charge is 0.299 e. The molecule has 22 heavy (non-hydrogen) atoms. The van der Waals surface area contributed by atoms with Crippen LogP contribution in [0.3, 0.4) is 0 Å². The summed E-state index contributed by atoms with van der Waals surface area (Å²) in [5, 5.41) is 0. The second-order valence-corrected chi connectivity index (χ2v) is 7.03. The normalized spacial score (nSPS) is 12.4. The van der Waals surface area contributed by atoms with E-state index in [0.717, 1.165) is 15.7 Å². The van der Waals surface area contributed by atoms with E-state index in [9.17, 15) is 4.79 Å². The van der Waals surface area contributed by atoms with Crippen molar-refractivity contribution in [2.24, 2.45) is 0 Å². The lowest BCUT2D eigenvalue weighted by molar-refractivity contribution is -0.118. The van der Waals surface area contributed by atoms with Crippen molar-refractivity contribution < 1.29 is 4.79 Å². The summed E-state index contributed by atoms with van der Waals surface area (Å²) in [4.78, 5) is 16.6. The molecule has 1 heterocycles. The number of aromatic nitrogens is 1. The minimum atomic E-state index is 0.149. The average Bonchev–Trinajstić information content (AvgIpc) is 2.48. The Balaban J connectivity index is 1.93. The summed E-state index contributed by atoms with van der Waals surface area (Å²) in [5.41, 5.74) is 3.36. The molecular formula is C19H22BrNO. The standard InChI is InChI=1S/C19H22BrNO/c1-13(2)16-6-4-15(5-7-16)11-18(22)10-14(3)19-9-8-17(20)12-21-19/h4-9,12-14H,10-11H2,1-3H3/t14-/m0/s1. The highest BCUT2D eigenvalue weighted by molar-refractivity contribution is 9.10. The summed E-state index contributed by atoms with van der Waals surface area (Å²) >= 11 is 3.38. The van der Waals surface area contributed by atoms with Crippen LogP contribution >= 0.6 is 15.9 Å². The molecule has 2 aromatic rings. The van der Waals surface area contributed by atoms with Gasteiger partial charge >= 0.3 is 0 Å². The Morgan fingerprint density at radius 2 is 1.77 bits per heavy atom. The quantitative estimate of drug-likeness (QED) is 0.702. The fourth-order valence-corrected chi connectivity index (χ4v) is 2.68. The molecule has 1 aromatic carbocycles. The lowest BCUT2D eigenvalue weighted by Gasteiger charge is -2.11. The van der Waals surface area contributed by atoms with Crippen molar-refractivity contribution in [3.8, 4) is 0 Å². The number of halogens is 1. The first kappa shape index (κ1) is 16.9. The predicted molar refractivity (Wildman–Crippen MR) is 94.2 cm³/mol. The van der Waals surface area contributed by atoms with E-state index in [-0.39, 0.29) is 11.7 Å². The van der Waals surface area contributed by atoms with E-state index in [4.69, 9.17) is 0 Å². The highest BCUT2D eigenvalue weighted by Crippen LogP contribution is 2.20. The van der Waals surface area contributed by atoms with E-state index < -0.39 is 0 Å². The molecule has 0 saturated carbocycles. The van der Waals surface area contributed by atoms with Crippen LogP contribution in [0.4, 0.5) is 0 Å². The minimum absolute atomic E-state index is 0.149. The maximum absolute atomic E-state index is 12.2. The molecule has 0 aliphatic rings. The molecule has 0 aliphatic carbocycles. The van der Waals surface area contributed by atoms with Crippen molar-refractivity contribution in [1.29, 1.82) is 0 Å². The molecule has 2 rings (SSSR count). The van der Waals surface area contributed by atoms with Crippen LogP contribution in [0, 0.1) is 0 Å². The summed E-state index contributed by atoms with van der Waals surface area (Å²) < 4.78 is 0.958. The van der Waals surface area contributed by atoms with E-state index >= 15 is 0 Å². The van der Waals surface area contributed by atoms with Gasteiger partial charge in [0.15, 0.2) is 0 Å². The Kier molecular flexibility index (Phi) is 5.90. The van der Waals surface area contributed by atoms with Crippen LogP contribution in [0.1, 0.15) is 55.8 Å². The van der Waals surface area contributed by atoms with Gasteiger partial charge in [-0.2, -0.15) is 0 Å². The van der Waals surface area contributed by atoms with Gasteiger partial charge in [0, 0.05) is 35.1 Å². The topological polar surface area (TPSA) is 30.0 Å². The SMILES string of the molecule is CC(C)c1ccc(CC(=O)C[C@H](C)c2ccc(Br)cn2)cc1. The first-order valence-electron chi connectivity index (χ1n) is 7.67. The zero-order valence-electron chi connectivity index (χ0n) is 13.3. The number of carbonyl (C=O) groups is 1. The van der Waals surface area contributed by atoms with Gasteiger partial charge in [-0.15, -0.1) is 0 Å². The summed E-state index contributed by atoms with van der Waals surface area (Å²) in [7, 11) is 0. The molecule has 0 N–H and O–H groups in total. The van der Waals surface area contributed by atoms with Crippen LogP contribution in [-0.4, -0.2) is 10.8 Å². The maximum atomic E-state index is 12.2. The van der Waals surface area contributed by atoms with Crippen LogP contribution < -0.4 is 0 Å². The second-order valence-electron chi connectivity index (χ2n) is 6.12. The molecular weight excluding hydrogens is 338 g/mol. The van der Waals surface area contributed by atoms with Gasteiger partial charge in [-0.1, -0.05) is 45.0 Å².